The molecule has 0 radical (unpaired) electrons. The van der Waals surface area contributed by atoms with Crippen molar-refractivity contribution in [1.82, 2.24) is 10.6 Å². The van der Waals surface area contributed by atoms with Crippen LogP contribution >= 0.6 is 0 Å². The lowest BCUT2D eigenvalue weighted by molar-refractivity contribution is -0.132. The maximum atomic E-state index is 12.8. The highest BCUT2D eigenvalue weighted by atomic mass is 32.2. The van der Waals surface area contributed by atoms with Crippen LogP contribution in [-0.2, 0) is 45.1 Å². The Balaban J connectivity index is 1.44. The van der Waals surface area contributed by atoms with Crippen LogP contribution < -0.4 is 10.6 Å². The van der Waals surface area contributed by atoms with Crippen molar-refractivity contribution >= 4 is 21.9 Å². The topological polar surface area (TPSA) is 149 Å². The lowest BCUT2D eigenvalue weighted by atomic mass is 9.92. The molecule has 3 rings (SSSR count). The predicted molar refractivity (Wildman–Crippen MR) is 165 cm³/mol. The molecule has 2 aromatic carbocycles. The molecule has 2 unspecified atom stereocenters. The van der Waals surface area contributed by atoms with Crippen molar-refractivity contribution in [2.24, 2.45) is 0 Å². The number of carbonyl (C=O) groups is 2. The second-order valence-electron chi connectivity index (χ2n) is 10.2. The Kier molecular flexibility index (Phi) is 15.3. The van der Waals surface area contributed by atoms with E-state index in [1.54, 1.807) is 0 Å². The van der Waals surface area contributed by atoms with Crippen molar-refractivity contribution in [1.29, 1.82) is 0 Å². The summed E-state index contributed by atoms with van der Waals surface area (Å²) < 4.78 is 54.9. The van der Waals surface area contributed by atoms with Gasteiger partial charge in [-0.1, -0.05) is 61.6 Å². The first kappa shape index (κ1) is 35.2. The Bertz CT molecular complexity index is 1370. The van der Waals surface area contributed by atoms with E-state index in [4.69, 9.17) is 18.9 Å². The number of unbranched alkanes of at least 4 members (excludes halogenated alkanes) is 1. The zero-order valence-corrected chi connectivity index (χ0v) is 25.9. The third kappa shape index (κ3) is 13.1. The van der Waals surface area contributed by atoms with Gasteiger partial charge in [-0.2, -0.15) is 8.42 Å². The molecule has 2 amide bonds. The normalized spacial score (nSPS) is 14.6. The quantitative estimate of drug-likeness (QED) is 0.114. The van der Waals surface area contributed by atoms with Crippen molar-refractivity contribution in [3.63, 3.8) is 0 Å². The summed E-state index contributed by atoms with van der Waals surface area (Å²) in [6, 6.07) is 13.7. The van der Waals surface area contributed by atoms with Gasteiger partial charge in [-0.3, -0.25) is 14.1 Å². The first-order valence-electron chi connectivity index (χ1n) is 14.8. The van der Waals surface area contributed by atoms with E-state index in [0.29, 0.717) is 45.9 Å². The van der Waals surface area contributed by atoms with Gasteiger partial charge < -0.3 is 29.6 Å². The molecular formula is C32H42N2O9S. The van der Waals surface area contributed by atoms with Crippen LogP contribution in [0.1, 0.15) is 54.5 Å². The molecule has 2 atom stereocenters. The van der Waals surface area contributed by atoms with Gasteiger partial charge in [0.05, 0.1) is 32.5 Å². The van der Waals surface area contributed by atoms with E-state index in [9.17, 15) is 22.6 Å². The summed E-state index contributed by atoms with van der Waals surface area (Å²) >= 11 is 0. The van der Waals surface area contributed by atoms with E-state index in [2.05, 4.69) is 29.4 Å². The lowest BCUT2D eigenvalue weighted by Gasteiger charge is -2.23. The zero-order chi connectivity index (χ0) is 31.6. The minimum Gasteiger partial charge on any atom is -0.379 e. The fourth-order valence-corrected chi connectivity index (χ4v) is 5.06. The van der Waals surface area contributed by atoms with Crippen LogP contribution in [0.4, 0.5) is 0 Å². The summed E-state index contributed by atoms with van der Waals surface area (Å²) in [5.41, 5.74) is 3.43. The van der Waals surface area contributed by atoms with E-state index in [1.807, 2.05) is 48.5 Å². The maximum absolute atomic E-state index is 12.8. The lowest BCUT2D eigenvalue weighted by Crippen LogP contribution is -2.51. The number of ether oxygens (including phenoxy) is 4. The van der Waals surface area contributed by atoms with E-state index in [-0.39, 0.29) is 6.54 Å². The molecule has 11 nitrogen and oxygen atoms in total. The number of rotatable bonds is 20. The molecule has 0 fully saturated rings. The van der Waals surface area contributed by atoms with Crippen LogP contribution in [0, 0.1) is 11.8 Å². The molecule has 1 aliphatic carbocycles. The summed E-state index contributed by atoms with van der Waals surface area (Å²) in [5.74, 6) is 3.92. The smallest absolute Gasteiger partial charge is 0.267 e. The molecule has 0 spiro atoms. The molecule has 44 heavy (non-hydrogen) atoms. The Labute approximate surface area is 259 Å². The maximum Gasteiger partial charge on any atom is 0.267 e. The summed E-state index contributed by atoms with van der Waals surface area (Å²) in [6.07, 6.45) is 2.52. The summed E-state index contributed by atoms with van der Waals surface area (Å²) in [5, 5.41) is 4.96. The third-order valence-electron chi connectivity index (χ3n) is 6.66. The van der Waals surface area contributed by atoms with Crippen molar-refractivity contribution < 1.29 is 41.5 Å². The average Bonchev–Trinajstić information content (AvgIpc) is 2.99. The standard InChI is InChI=1S/C32H42N2O9S/c1-2-3-16-40-18-20-42-21-19-41-17-8-15-33-32(36)29(24-44(37,38)39)34-31(35)23-43-30-22-27-11-5-4-9-25(27)13-14-26-10-6-7-12-28(26)30/h4-7,9-12,29-30H,2-3,8,15-24H2,1H3,(H,33,36)(H,34,35)(H,37,38,39). The van der Waals surface area contributed by atoms with Crippen LogP contribution in [0.15, 0.2) is 48.5 Å². The Morgan fingerprint density at radius 2 is 1.52 bits per heavy atom. The second-order valence-corrected chi connectivity index (χ2v) is 11.7. The summed E-state index contributed by atoms with van der Waals surface area (Å²) in [6.45, 7) is 4.74. The number of amides is 2. The summed E-state index contributed by atoms with van der Waals surface area (Å²) in [4.78, 5) is 25.5. The van der Waals surface area contributed by atoms with Crippen LogP contribution in [0.5, 0.6) is 0 Å². The third-order valence-corrected chi connectivity index (χ3v) is 7.41. The molecule has 0 aromatic heterocycles. The van der Waals surface area contributed by atoms with Gasteiger partial charge in [0, 0.05) is 37.3 Å². The molecule has 240 valence electrons. The molecule has 3 N–H and O–H groups in total. The average molecular weight is 631 g/mol. The Hall–Kier alpha value is -3.31. The number of nitrogens with one attached hydrogen (secondary N) is 2. The number of carbonyl (C=O) groups excluding carboxylic acids is 2. The van der Waals surface area contributed by atoms with E-state index in [0.717, 1.165) is 41.7 Å². The van der Waals surface area contributed by atoms with Crippen molar-refractivity contribution in [3.05, 3.63) is 70.8 Å². The van der Waals surface area contributed by atoms with Gasteiger partial charge in [-0.25, -0.2) is 0 Å². The van der Waals surface area contributed by atoms with E-state index < -0.39 is 46.4 Å². The minimum absolute atomic E-state index is 0.179. The van der Waals surface area contributed by atoms with Gasteiger partial charge >= 0.3 is 0 Å². The van der Waals surface area contributed by atoms with Gasteiger partial charge in [0.2, 0.25) is 11.8 Å². The van der Waals surface area contributed by atoms with Crippen molar-refractivity contribution in [3.8, 4) is 11.8 Å². The first-order chi connectivity index (χ1) is 21.3. The van der Waals surface area contributed by atoms with Crippen LogP contribution in [0.2, 0.25) is 0 Å². The number of hydrogen-bond donors (Lipinski definition) is 3. The molecule has 0 saturated heterocycles. The highest BCUT2D eigenvalue weighted by molar-refractivity contribution is 7.85. The fourth-order valence-electron chi connectivity index (χ4n) is 4.41. The molecule has 0 saturated carbocycles. The number of hydrogen-bond acceptors (Lipinski definition) is 8. The van der Waals surface area contributed by atoms with Gasteiger partial charge in [-0.05, 0) is 36.1 Å². The fraction of sp³-hybridized carbons (Fsp3) is 0.500. The molecule has 2 aromatic rings. The second kappa shape index (κ2) is 19.2. The Morgan fingerprint density at radius 1 is 0.909 bits per heavy atom. The van der Waals surface area contributed by atoms with Crippen LogP contribution in [0.3, 0.4) is 0 Å². The largest absolute Gasteiger partial charge is 0.379 e. The Morgan fingerprint density at radius 3 is 2.23 bits per heavy atom. The molecule has 0 bridgehead atoms. The zero-order valence-electron chi connectivity index (χ0n) is 25.1. The van der Waals surface area contributed by atoms with E-state index in [1.165, 1.54) is 0 Å². The molecule has 0 aliphatic heterocycles. The van der Waals surface area contributed by atoms with Crippen molar-refractivity contribution in [2.45, 2.75) is 44.8 Å². The molecular weight excluding hydrogens is 588 g/mol. The van der Waals surface area contributed by atoms with Crippen molar-refractivity contribution in [2.75, 3.05) is 58.5 Å². The van der Waals surface area contributed by atoms with Gasteiger partial charge in [0.25, 0.3) is 10.1 Å². The monoisotopic (exact) mass is 630 g/mol. The highest BCUT2D eigenvalue weighted by Gasteiger charge is 2.27. The molecule has 0 heterocycles. The van der Waals surface area contributed by atoms with E-state index >= 15 is 0 Å². The number of benzene rings is 2. The predicted octanol–water partition coefficient (Wildman–Crippen LogP) is 2.43. The van der Waals surface area contributed by atoms with Crippen LogP contribution in [0.25, 0.3) is 0 Å². The SMILES string of the molecule is CCCCOCCOCCOCCCNC(=O)C(CS(=O)(=O)O)NC(=O)COC1Cc2ccccc2C#Cc2ccccc21. The van der Waals surface area contributed by atoms with Gasteiger partial charge in [0.15, 0.2) is 0 Å². The van der Waals surface area contributed by atoms with Crippen LogP contribution in [-0.4, -0.2) is 89.4 Å². The molecule has 12 heteroatoms. The first-order valence-corrected chi connectivity index (χ1v) is 16.4. The van der Waals surface area contributed by atoms with Gasteiger partial charge in [0.1, 0.15) is 18.4 Å². The minimum atomic E-state index is -4.57. The molecule has 1 aliphatic rings. The number of fused-ring (bicyclic) bond motifs is 2. The highest BCUT2D eigenvalue weighted by Crippen LogP contribution is 2.28. The van der Waals surface area contributed by atoms with Gasteiger partial charge in [-0.15, -0.1) is 0 Å². The summed E-state index contributed by atoms with van der Waals surface area (Å²) in [7, 11) is -4.57.